The fourth-order valence-electron chi connectivity index (χ4n) is 1.55. The molecule has 0 aromatic heterocycles. The molecular weight excluding hydrogens is 150 g/mol. The monoisotopic (exact) mass is 163 g/mol. The second-order valence-electron chi connectivity index (χ2n) is 3.26. The van der Waals surface area contributed by atoms with E-state index in [4.69, 9.17) is 4.74 Å². The van der Waals surface area contributed by atoms with Gasteiger partial charge in [0.1, 0.15) is 5.75 Å². The zero-order valence-electron chi connectivity index (χ0n) is 7.50. The van der Waals surface area contributed by atoms with Crippen molar-refractivity contribution in [2.24, 2.45) is 0 Å². The molecule has 1 heterocycles. The zero-order chi connectivity index (χ0) is 8.55. The molecule has 0 saturated heterocycles. The quantitative estimate of drug-likeness (QED) is 0.624. The summed E-state index contributed by atoms with van der Waals surface area (Å²) in [5.74, 6) is 1.07. The molecule has 0 radical (unpaired) electrons. The van der Waals surface area contributed by atoms with Crippen molar-refractivity contribution in [3.05, 3.63) is 23.8 Å². The smallest absolute Gasteiger partial charge is 0.145 e. The van der Waals surface area contributed by atoms with Gasteiger partial charge in [0.2, 0.25) is 0 Å². The molecule has 0 fully saturated rings. The molecule has 0 unspecified atom stereocenters. The van der Waals surface area contributed by atoms with Crippen LogP contribution in [0.3, 0.4) is 0 Å². The normalized spacial score (nSPS) is 13.8. The summed E-state index contributed by atoms with van der Waals surface area (Å²) in [6, 6.07) is 6.31. The molecule has 0 aliphatic carbocycles. The lowest BCUT2D eigenvalue weighted by Crippen LogP contribution is -2.09. The maximum atomic E-state index is 5.55. The van der Waals surface area contributed by atoms with E-state index in [0.717, 1.165) is 18.8 Å². The standard InChI is InChI=1S/C10H13NO/c1-11(2)9-5-3-4-8-6-7-12-10(8)9/h3-5H,6-7H2,1-2H3. The fourth-order valence-corrected chi connectivity index (χ4v) is 1.55. The number of hydrogen-bond donors (Lipinski definition) is 0. The lowest BCUT2D eigenvalue weighted by Gasteiger charge is -2.15. The summed E-state index contributed by atoms with van der Waals surface area (Å²) in [6.45, 7) is 0.834. The first-order valence-corrected chi connectivity index (χ1v) is 4.21. The molecule has 1 aromatic rings. The third-order valence-electron chi connectivity index (χ3n) is 2.18. The number of fused-ring (bicyclic) bond motifs is 1. The number of anilines is 1. The van der Waals surface area contributed by atoms with E-state index in [1.807, 2.05) is 14.1 Å². The number of nitrogens with zero attached hydrogens (tertiary/aromatic N) is 1. The lowest BCUT2D eigenvalue weighted by molar-refractivity contribution is 0.357. The molecule has 0 bridgehead atoms. The van der Waals surface area contributed by atoms with Crippen LogP contribution >= 0.6 is 0 Å². The van der Waals surface area contributed by atoms with E-state index >= 15 is 0 Å². The molecule has 2 rings (SSSR count). The molecule has 2 nitrogen and oxygen atoms in total. The summed E-state index contributed by atoms with van der Waals surface area (Å²) in [7, 11) is 4.08. The Hall–Kier alpha value is -1.18. The van der Waals surface area contributed by atoms with Gasteiger partial charge in [-0.1, -0.05) is 12.1 Å². The van der Waals surface area contributed by atoms with Crippen LogP contribution in [-0.4, -0.2) is 20.7 Å². The minimum absolute atomic E-state index is 0.834. The Morgan fingerprint density at radius 3 is 2.92 bits per heavy atom. The van der Waals surface area contributed by atoms with Crippen LogP contribution in [0.25, 0.3) is 0 Å². The number of ether oxygens (including phenoxy) is 1. The molecule has 0 saturated carbocycles. The van der Waals surface area contributed by atoms with E-state index in [-0.39, 0.29) is 0 Å². The highest BCUT2D eigenvalue weighted by Gasteiger charge is 2.16. The Morgan fingerprint density at radius 2 is 2.17 bits per heavy atom. The highest BCUT2D eigenvalue weighted by molar-refractivity contribution is 5.62. The summed E-state index contributed by atoms with van der Waals surface area (Å²) in [5, 5.41) is 0. The molecule has 0 atom stereocenters. The van der Waals surface area contributed by atoms with Gasteiger partial charge < -0.3 is 9.64 Å². The van der Waals surface area contributed by atoms with Gasteiger partial charge in [0, 0.05) is 20.5 Å². The third kappa shape index (κ3) is 1.04. The first kappa shape index (κ1) is 7.47. The largest absolute Gasteiger partial charge is 0.491 e. The summed E-state index contributed by atoms with van der Waals surface area (Å²) in [5.41, 5.74) is 2.52. The number of para-hydroxylation sites is 1. The Bertz CT molecular complexity index is 294. The minimum Gasteiger partial charge on any atom is -0.491 e. The zero-order valence-corrected chi connectivity index (χ0v) is 7.50. The molecule has 64 valence electrons. The van der Waals surface area contributed by atoms with E-state index < -0.39 is 0 Å². The van der Waals surface area contributed by atoms with Gasteiger partial charge in [0.25, 0.3) is 0 Å². The molecule has 1 aromatic carbocycles. The second kappa shape index (κ2) is 2.70. The number of rotatable bonds is 1. The lowest BCUT2D eigenvalue weighted by atomic mass is 10.1. The maximum Gasteiger partial charge on any atom is 0.145 e. The van der Waals surface area contributed by atoms with Gasteiger partial charge in [-0.3, -0.25) is 0 Å². The van der Waals surface area contributed by atoms with Crippen LogP contribution in [0.1, 0.15) is 5.56 Å². The molecular formula is C10H13NO. The average molecular weight is 163 g/mol. The van der Waals surface area contributed by atoms with Crippen molar-refractivity contribution in [3.8, 4) is 5.75 Å². The highest BCUT2D eigenvalue weighted by Crippen LogP contribution is 2.34. The Morgan fingerprint density at radius 1 is 1.33 bits per heavy atom. The number of benzene rings is 1. The van der Waals surface area contributed by atoms with Gasteiger partial charge in [0.15, 0.2) is 0 Å². The van der Waals surface area contributed by atoms with Crippen LogP contribution in [0.4, 0.5) is 5.69 Å². The first-order valence-electron chi connectivity index (χ1n) is 4.21. The summed E-state index contributed by atoms with van der Waals surface area (Å²) >= 11 is 0. The van der Waals surface area contributed by atoms with E-state index in [2.05, 4.69) is 23.1 Å². The molecule has 1 aliphatic heterocycles. The molecule has 12 heavy (non-hydrogen) atoms. The van der Waals surface area contributed by atoms with Crippen molar-refractivity contribution in [1.29, 1.82) is 0 Å². The van der Waals surface area contributed by atoms with Crippen LogP contribution in [0, 0.1) is 0 Å². The summed E-state index contributed by atoms with van der Waals surface area (Å²) in [4.78, 5) is 2.09. The molecule has 2 heteroatoms. The molecule has 0 spiro atoms. The van der Waals surface area contributed by atoms with Crippen molar-refractivity contribution >= 4 is 5.69 Å². The Balaban J connectivity index is 2.49. The van der Waals surface area contributed by atoms with Crippen LogP contribution in [-0.2, 0) is 6.42 Å². The Kier molecular flexibility index (Phi) is 1.68. The van der Waals surface area contributed by atoms with Gasteiger partial charge >= 0.3 is 0 Å². The van der Waals surface area contributed by atoms with Crippen LogP contribution < -0.4 is 9.64 Å². The van der Waals surface area contributed by atoms with Crippen LogP contribution in [0.2, 0.25) is 0 Å². The van der Waals surface area contributed by atoms with Crippen LogP contribution in [0.5, 0.6) is 5.75 Å². The van der Waals surface area contributed by atoms with Gasteiger partial charge in [0.05, 0.1) is 12.3 Å². The minimum atomic E-state index is 0.834. The molecule has 0 amide bonds. The number of hydrogen-bond acceptors (Lipinski definition) is 2. The average Bonchev–Trinajstić information content (AvgIpc) is 2.49. The van der Waals surface area contributed by atoms with E-state index in [9.17, 15) is 0 Å². The molecule has 1 aliphatic rings. The van der Waals surface area contributed by atoms with E-state index in [1.54, 1.807) is 0 Å². The topological polar surface area (TPSA) is 12.5 Å². The SMILES string of the molecule is CN(C)c1cccc2c1OCC2. The summed E-state index contributed by atoms with van der Waals surface area (Å²) in [6.07, 6.45) is 1.05. The predicted octanol–water partition coefficient (Wildman–Crippen LogP) is 1.69. The summed E-state index contributed by atoms with van der Waals surface area (Å²) < 4.78 is 5.55. The van der Waals surface area contributed by atoms with Crippen molar-refractivity contribution in [2.45, 2.75) is 6.42 Å². The first-order chi connectivity index (χ1) is 5.79. The van der Waals surface area contributed by atoms with E-state index in [1.165, 1.54) is 11.3 Å². The highest BCUT2D eigenvalue weighted by atomic mass is 16.5. The van der Waals surface area contributed by atoms with Crippen molar-refractivity contribution < 1.29 is 4.74 Å². The van der Waals surface area contributed by atoms with Gasteiger partial charge in [-0.25, -0.2) is 0 Å². The molecule has 0 N–H and O–H groups in total. The van der Waals surface area contributed by atoms with Crippen LogP contribution in [0.15, 0.2) is 18.2 Å². The van der Waals surface area contributed by atoms with Gasteiger partial charge in [-0.2, -0.15) is 0 Å². The van der Waals surface area contributed by atoms with Crippen molar-refractivity contribution in [1.82, 2.24) is 0 Å². The second-order valence-corrected chi connectivity index (χ2v) is 3.26. The van der Waals surface area contributed by atoms with Gasteiger partial charge in [-0.05, 0) is 11.6 Å². The Labute approximate surface area is 72.8 Å². The third-order valence-corrected chi connectivity index (χ3v) is 2.18. The predicted molar refractivity (Wildman–Crippen MR) is 50.0 cm³/mol. The van der Waals surface area contributed by atoms with Crippen molar-refractivity contribution in [2.75, 3.05) is 25.6 Å². The van der Waals surface area contributed by atoms with Gasteiger partial charge in [-0.15, -0.1) is 0 Å². The fraction of sp³-hybridized carbons (Fsp3) is 0.400. The van der Waals surface area contributed by atoms with Crippen molar-refractivity contribution in [3.63, 3.8) is 0 Å². The maximum absolute atomic E-state index is 5.55. The van der Waals surface area contributed by atoms with E-state index in [0.29, 0.717) is 0 Å².